The fraction of sp³-hybridized carbons (Fsp3) is 0.353. The van der Waals surface area contributed by atoms with Crippen LogP contribution in [0.1, 0.15) is 18.4 Å². The van der Waals surface area contributed by atoms with Crippen LogP contribution in [0.2, 0.25) is 5.02 Å². The molecule has 3 heterocycles. The third-order valence-corrected chi connectivity index (χ3v) is 4.31. The molecule has 2 aromatic rings. The zero-order valence-corrected chi connectivity index (χ0v) is 13.4. The van der Waals surface area contributed by atoms with Gasteiger partial charge in [-0.3, -0.25) is 4.98 Å². The van der Waals surface area contributed by atoms with Crippen molar-refractivity contribution in [1.82, 2.24) is 9.97 Å². The molecular formula is C17H17ClN4O. The minimum Gasteiger partial charge on any atom is -0.492 e. The van der Waals surface area contributed by atoms with E-state index < -0.39 is 0 Å². The van der Waals surface area contributed by atoms with Gasteiger partial charge in [-0.1, -0.05) is 11.6 Å². The molecule has 0 radical (unpaired) electrons. The summed E-state index contributed by atoms with van der Waals surface area (Å²) < 4.78 is 5.80. The Hall–Kier alpha value is -2.32. The molecule has 0 saturated carbocycles. The summed E-state index contributed by atoms with van der Waals surface area (Å²) in [6, 6.07) is 7.59. The SMILES string of the molecule is N#Cc1cccnc1N1CCC(COc2ccncc2Cl)CC1. The van der Waals surface area contributed by atoms with Gasteiger partial charge in [0, 0.05) is 37.7 Å². The second-order valence-electron chi connectivity index (χ2n) is 5.53. The van der Waals surface area contributed by atoms with Crippen molar-refractivity contribution in [2.45, 2.75) is 12.8 Å². The van der Waals surface area contributed by atoms with Gasteiger partial charge >= 0.3 is 0 Å². The van der Waals surface area contributed by atoms with E-state index in [2.05, 4.69) is 20.9 Å². The molecule has 0 aliphatic carbocycles. The number of nitrogens with zero attached hydrogens (tertiary/aromatic N) is 4. The van der Waals surface area contributed by atoms with E-state index in [0.717, 1.165) is 31.7 Å². The topological polar surface area (TPSA) is 62.0 Å². The van der Waals surface area contributed by atoms with Crippen molar-refractivity contribution >= 4 is 17.4 Å². The molecule has 5 nitrogen and oxygen atoms in total. The third-order valence-electron chi connectivity index (χ3n) is 4.03. The fourth-order valence-corrected chi connectivity index (χ4v) is 2.91. The molecule has 0 aromatic carbocycles. The summed E-state index contributed by atoms with van der Waals surface area (Å²) in [7, 11) is 0. The standard InChI is InChI=1S/C17H17ClN4O/c18-15-11-20-7-3-16(15)23-12-13-4-8-22(9-5-13)17-14(10-19)2-1-6-21-17/h1-3,6-7,11,13H,4-5,8-9,12H2. The van der Waals surface area contributed by atoms with E-state index in [0.29, 0.717) is 28.9 Å². The van der Waals surface area contributed by atoms with Crippen LogP contribution >= 0.6 is 11.6 Å². The van der Waals surface area contributed by atoms with Crippen molar-refractivity contribution in [1.29, 1.82) is 5.26 Å². The zero-order chi connectivity index (χ0) is 16.1. The number of hydrogen-bond acceptors (Lipinski definition) is 5. The second kappa shape index (κ2) is 7.30. The van der Waals surface area contributed by atoms with Gasteiger partial charge in [0.05, 0.1) is 12.2 Å². The van der Waals surface area contributed by atoms with Crippen molar-refractivity contribution in [3.8, 4) is 11.8 Å². The monoisotopic (exact) mass is 328 g/mol. The van der Waals surface area contributed by atoms with E-state index >= 15 is 0 Å². The van der Waals surface area contributed by atoms with Gasteiger partial charge in [0.2, 0.25) is 0 Å². The molecule has 2 aromatic heterocycles. The van der Waals surface area contributed by atoms with Crippen LogP contribution < -0.4 is 9.64 Å². The lowest BCUT2D eigenvalue weighted by Crippen LogP contribution is -2.36. The van der Waals surface area contributed by atoms with E-state index in [1.807, 2.05) is 6.07 Å². The van der Waals surface area contributed by atoms with Gasteiger partial charge in [0.1, 0.15) is 22.7 Å². The number of piperidine rings is 1. The van der Waals surface area contributed by atoms with Crippen molar-refractivity contribution in [3.63, 3.8) is 0 Å². The molecule has 0 atom stereocenters. The first kappa shape index (κ1) is 15.6. The first-order valence-corrected chi connectivity index (χ1v) is 7.98. The van der Waals surface area contributed by atoms with Crippen molar-refractivity contribution < 1.29 is 4.74 Å². The molecule has 118 valence electrons. The number of aromatic nitrogens is 2. The molecule has 1 fully saturated rings. The Morgan fingerprint density at radius 3 is 2.87 bits per heavy atom. The molecular weight excluding hydrogens is 312 g/mol. The predicted molar refractivity (Wildman–Crippen MR) is 88.6 cm³/mol. The molecule has 1 aliphatic rings. The van der Waals surface area contributed by atoms with Crippen LogP contribution in [-0.4, -0.2) is 29.7 Å². The Bertz CT molecular complexity index is 708. The van der Waals surface area contributed by atoms with Gasteiger partial charge in [0.15, 0.2) is 0 Å². The van der Waals surface area contributed by atoms with Gasteiger partial charge in [-0.25, -0.2) is 4.98 Å². The highest BCUT2D eigenvalue weighted by Gasteiger charge is 2.22. The van der Waals surface area contributed by atoms with Crippen LogP contribution in [-0.2, 0) is 0 Å². The summed E-state index contributed by atoms with van der Waals surface area (Å²) in [6.07, 6.45) is 7.00. The van der Waals surface area contributed by atoms with Crippen molar-refractivity contribution in [3.05, 3.63) is 47.4 Å². The van der Waals surface area contributed by atoms with Crippen molar-refractivity contribution in [2.75, 3.05) is 24.6 Å². The normalized spacial score (nSPS) is 15.2. The van der Waals surface area contributed by atoms with E-state index in [1.165, 1.54) is 0 Å². The second-order valence-corrected chi connectivity index (χ2v) is 5.94. The van der Waals surface area contributed by atoms with Crippen LogP contribution in [0.3, 0.4) is 0 Å². The molecule has 1 saturated heterocycles. The first-order chi connectivity index (χ1) is 11.3. The fourth-order valence-electron chi connectivity index (χ4n) is 2.73. The maximum absolute atomic E-state index is 9.18. The Kier molecular flexibility index (Phi) is 4.94. The number of ether oxygens (including phenoxy) is 1. The van der Waals surface area contributed by atoms with Crippen LogP contribution in [0.15, 0.2) is 36.8 Å². The van der Waals surface area contributed by atoms with Gasteiger partial charge < -0.3 is 9.64 Å². The Balaban J connectivity index is 1.55. The molecule has 0 N–H and O–H groups in total. The summed E-state index contributed by atoms with van der Waals surface area (Å²) in [6.45, 7) is 2.40. The summed E-state index contributed by atoms with van der Waals surface area (Å²) >= 11 is 6.04. The van der Waals surface area contributed by atoms with Crippen LogP contribution in [0.4, 0.5) is 5.82 Å². The Morgan fingerprint density at radius 1 is 1.30 bits per heavy atom. The minimum atomic E-state index is 0.477. The number of pyridine rings is 2. The smallest absolute Gasteiger partial charge is 0.146 e. The summed E-state index contributed by atoms with van der Waals surface area (Å²) in [5.74, 6) is 1.94. The summed E-state index contributed by atoms with van der Waals surface area (Å²) in [5, 5.41) is 9.72. The molecule has 0 unspecified atom stereocenters. The molecule has 0 spiro atoms. The Labute approximate surface area is 140 Å². The first-order valence-electron chi connectivity index (χ1n) is 7.60. The lowest BCUT2D eigenvalue weighted by atomic mass is 9.97. The summed E-state index contributed by atoms with van der Waals surface area (Å²) in [5.41, 5.74) is 0.630. The highest BCUT2D eigenvalue weighted by Crippen LogP contribution is 2.27. The number of anilines is 1. The highest BCUT2D eigenvalue weighted by atomic mass is 35.5. The quantitative estimate of drug-likeness (QED) is 0.861. The maximum atomic E-state index is 9.18. The number of rotatable bonds is 4. The molecule has 1 aliphatic heterocycles. The minimum absolute atomic E-state index is 0.477. The lowest BCUT2D eigenvalue weighted by Gasteiger charge is -2.33. The van der Waals surface area contributed by atoms with Crippen LogP contribution in [0, 0.1) is 17.2 Å². The molecule has 3 rings (SSSR count). The maximum Gasteiger partial charge on any atom is 0.146 e. The predicted octanol–water partition coefficient (Wildman–Crippen LogP) is 3.30. The molecule has 0 bridgehead atoms. The largest absolute Gasteiger partial charge is 0.492 e. The number of hydrogen-bond donors (Lipinski definition) is 0. The van der Waals surface area contributed by atoms with Gasteiger partial charge in [-0.05, 0) is 30.9 Å². The van der Waals surface area contributed by atoms with Gasteiger partial charge in [-0.2, -0.15) is 5.26 Å². The van der Waals surface area contributed by atoms with E-state index in [4.69, 9.17) is 16.3 Å². The lowest BCUT2D eigenvalue weighted by molar-refractivity contribution is 0.222. The number of nitriles is 1. The van der Waals surface area contributed by atoms with Crippen LogP contribution in [0.25, 0.3) is 0 Å². The van der Waals surface area contributed by atoms with Crippen molar-refractivity contribution in [2.24, 2.45) is 5.92 Å². The van der Waals surface area contributed by atoms with E-state index in [-0.39, 0.29) is 0 Å². The van der Waals surface area contributed by atoms with E-state index in [9.17, 15) is 5.26 Å². The number of halogens is 1. The van der Waals surface area contributed by atoms with E-state index in [1.54, 1.807) is 30.7 Å². The van der Waals surface area contributed by atoms with Crippen LogP contribution in [0.5, 0.6) is 5.75 Å². The van der Waals surface area contributed by atoms with Gasteiger partial charge in [-0.15, -0.1) is 0 Å². The average Bonchev–Trinajstić information content (AvgIpc) is 2.61. The highest BCUT2D eigenvalue weighted by molar-refractivity contribution is 6.31. The van der Waals surface area contributed by atoms with Gasteiger partial charge in [0.25, 0.3) is 0 Å². The average molecular weight is 329 g/mol. The molecule has 6 heteroatoms. The molecule has 23 heavy (non-hydrogen) atoms. The zero-order valence-electron chi connectivity index (χ0n) is 12.7. The Morgan fingerprint density at radius 2 is 2.13 bits per heavy atom. The molecule has 0 amide bonds. The summed E-state index contributed by atoms with van der Waals surface area (Å²) in [4.78, 5) is 10.5. The third kappa shape index (κ3) is 3.72.